The molecule has 0 radical (unpaired) electrons. The number of nitrogens with one attached hydrogen (secondary N) is 1. The first-order chi connectivity index (χ1) is 5.81. The highest BCUT2D eigenvalue weighted by Crippen LogP contribution is 2.19. The van der Waals surface area contributed by atoms with Crippen molar-refractivity contribution < 1.29 is 4.74 Å². The summed E-state index contributed by atoms with van der Waals surface area (Å²) in [5.41, 5.74) is 1.30. The maximum absolute atomic E-state index is 5.00. The van der Waals surface area contributed by atoms with Crippen LogP contribution in [0.25, 0.3) is 11.2 Å². The van der Waals surface area contributed by atoms with E-state index >= 15 is 0 Å². The first-order valence-corrected chi connectivity index (χ1v) is 4.01. The number of rotatable bonds is 1. The van der Waals surface area contributed by atoms with Crippen LogP contribution in [-0.2, 0) is 0 Å². The fraction of sp³-hybridized carbons (Fsp3) is 0.167. The predicted octanol–water partition coefficient (Wildman–Crippen LogP) is 1.12. The van der Waals surface area contributed by atoms with Gasteiger partial charge in [0.25, 0.3) is 0 Å². The minimum absolute atomic E-state index is 0.466. The Hall–Kier alpha value is -1.17. The van der Waals surface area contributed by atoms with Crippen LogP contribution in [-0.4, -0.2) is 27.0 Å². The molecule has 2 heterocycles. The summed E-state index contributed by atoms with van der Waals surface area (Å²) in [5.74, 6) is 0.466. The smallest absolute Gasteiger partial charge is 0.246 e. The summed E-state index contributed by atoms with van der Waals surface area (Å²) < 4.78 is 5.49. The van der Waals surface area contributed by atoms with Crippen molar-refractivity contribution in [1.82, 2.24) is 19.9 Å². The summed E-state index contributed by atoms with van der Waals surface area (Å²) in [7, 11) is 1.54. The van der Waals surface area contributed by atoms with Gasteiger partial charge >= 0.3 is 0 Å². The van der Waals surface area contributed by atoms with E-state index in [0.717, 1.165) is 0 Å². The average Bonchev–Trinajstić information content (AvgIpc) is 2.50. The molecule has 0 aliphatic heterocycles. The summed E-state index contributed by atoms with van der Waals surface area (Å²) in [4.78, 5) is 14.9. The molecule has 0 unspecified atom stereocenters. The molecule has 0 spiro atoms. The third-order valence-corrected chi connectivity index (χ3v) is 1.77. The van der Waals surface area contributed by atoms with E-state index in [4.69, 9.17) is 4.74 Å². The average molecular weight is 229 g/mol. The topological polar surface area (TPSA) is 63.7 Å². The van der Waals surface area contributed by atoms with Gasteiger partial charge in [0.15, 0.2) is 11.2 Å². The molecule has 2 aromatic rings. The minimum Gasteiger partial charge on any atom is -0.479 e. The van der Waals surface area contributed by atoms with Gasteiger partial charge in [-0.3, -0.25) is 0 Å². The Morgan fingerprint density at radius 2 is 2.33 bits per heavy atom. The number of aromatic nitrogens is 4. The Morgan fingerprint density at radius 3 is 3.08 bits per heavy atom. The molecule has 1 N–H and O–H groups in total. The van der Waals surface area contributed by atoms with Gasteiger partial charge in [-0.05, 0) is 15.9 Å². The van der Waals surface area contributed by atoms with Crippen LogP contribution in [0.15, 0.2) is 11.1 Å². The SMILES string of the molecule is COc1nc(Br)nc2[nH]cnc12. The standard InChI is InChI=1S/C6H5BrN4O/c1-12-5-3-4(9-2-8-3)10-6(7)11-5/h2H,1H3,(H,8,9,10,11). The van der Waals surface area contributed by atoms with Gasteiger partial charge in [0.2, 0.25) is 10.6 Å². The molecule has 0 saturated carbocycles. The summed E-state index contributed by atoms with van der Waals surface area (Å²) in [6.45, 7) is 0. The number of aromatic amines is 1. The molecule has 0 aliphatic rings. The largest absolute Gasteiger partial charge is 0.479 e. The van der Waals surface area contributed by atoms with Crippen LogP contribution in [0.3, 0.4) is 0 Å². The highest BCUT2D eigenvalue weighted by molar-refractivity contribution is 9.10. The maximum atomic E-state index is 5.00. The Morgan fingerprint density at radius 1 is 1.50 bits per heavy atom. The molecular weight excluding hydrogens is 224 g/mol. The number of hydrogen-bond donors (Lipinski definition) is 1. The van der Waals surface area contributed by atoms with E-state index in [1.54, 1.807) is 13.4 Å². The van der Waals surface area contributed by atoms with Crippen LogP contribution in [0.5, 0.6) is 5.88 Å². The van der Waals surface area contributed by atoms with Crippen molar-refractivity contribution >= 4 is 27.1 Å². The number of H-pyrrole nitrogens is 1. The van der Waals surface area contributed by atoms with E-state index in [1.807, 2.05) is 0 Å². The monoisotopic (exact) mass is 228 g/mol. The summed E-state index contributed by atoms with van der Waals surface area (Å²) in [5, 5.41) is 0. The zero-order valence-corrected chi connectivity index (χ0v) is 7.79. The van der Waals surface area contributed by atoms with Gasteiger partial charge in [-0.1, -0.05) is 0 Å². The second kappa shape index (κ2) is 2.71. The van der Waals surface area contributed by atoms with E-state index in [2.05, 4.69) is 35.9 Å². The zero-order valence-electron chi connectivity index (χ0n) is 6.21. The minimum atomic E-state index is 0.466. The molecule has 62 valence electrons. The van der Waals surface area contributed by atoms with Crippen LogP contribution >= 0.6 is 15.9 Å². The highest BCUT2D eigenvalue weighted by atomic mass is 79.9. The number of hydrogen-bond acceptors (Lipinski definition) is 4. The van der Waals surface area contributed by atoms with E-state index < -0.39 is 0 Å². The lowest BCUT2D eigenvalue weighted by molar-refractivity contribution is 0.400. The second-order valence-corrected chi connectivity index (χ2v) is 2.81. The molecule has 0 atom stereocenters. The van der Waals surface area contributed by atoms with Crippen molar-refractivity contribution in [2.75, 3.05) is 7.11 Å². The van der Waals surface area contributed by atoms with E-state index in [9.17, 15) is 0 Å². The van der Waals surface area contributed by atoms with Gasteiger partial charge in [-0.15, -0.1) is 0 Å². The quantitative estimate of drug-likeness (QED) is 0.744. The van der Waals surface area contributed by atoms with Gasteiger partial charge in [0.05, 0.1) is 13.4 Å². The lowest BCUT2D eigenvalue weighted by Gasteiger charge is -1.98. The Kier molecular flexibility index (Phi) is 1.69. The number of imidazole rings is 1. The molecule has 0 aliphatic carbocycles. The van der Waals surface area contributed by atoms with Crippen molar-refractivity contribution in [3.63, 3.8) is 0 Å². The van der Waals surface area contributed by atoms with Crippen molar-refractivity contribution in [2.24, 2.45) is 0 Å². The fourth-order valence-electron chi connectivity index (χ4n) is 0.926. The van der Waals surface area contributed by atoms with E-state index in [-0.39, 0.29) is 0 Å². The molecular formula is C6H5BrN4O. The van der Waals surface area contributed by atoms with Gasteiger partial charge in [-0.25, -0.2) is 9.97 Å². The van der Waals surface area contributed by atoms with Crippen molar-refractivity contribution in [3.05, 3.63) is 11.1 Å². The maximum Gasteiger partial charge on any atom is 0.246 e. The lowest BCUT2D eigenvalue weighted by atomic mass is 10.5. The number of fused-ring (bicyclic) bond motifs is 1. The molecule has 0 aromatic carbocycles. The van der Waals surface area contributed by atoms with Crippen LogP contribution in [0.4, 0.5) is 0 Å². The molecule has 6 heteroatoms. The zero-order chi connectivity index (χ0) is 8.55. The molecule has 2 aromatic heterocycles. The molecule has 0 amide bonds. The second-order valence-electron chi connectivity index (χ2n) is 2.10. The Balaban J connectivity index is 2.80. The normalized spacial score (nSPS) is 10.5. The highest BCUT2D eigenvalue weighted by Gasteiger charge is 2.07. The summed E-state index contributed by atoms with van der Waals surface area (Å²) >= 11 is 3.16. The fourth-order valence-corrected chi connectivity index (χ4v) is 1.26. The van der Waals surface area contributed by atoms with Crippen LogP contribution < -0.4 is 4.74 Å². The third-order valence-electron chi connectivity index (χ3n) is 1.41. The van der Waals surface area contributed by atoms with Gasteiger partial charge in [0.1, 0.15) is 0 Å². The molecule has 5 nitrogen and oxygen atoms in total. The van der Waals surface area contributed by atoms with E-state index in [1.165, 1.54) is 0 Å². The van der Waals surface area contributed by atoms with E-state index in [0.29, 0.717) is 21.8 Å². The molecule has 0 bridgehead atoms. The first kappa shape index (κ1) is 7.48. The van der Waals surface area contributed by atoms with Crippen molar-refractivity contribution in [3.8, 4) is 5.88 Å². The van der Waals surface area contributed by atoms with Crippen LogP contribution in [0.1, 0.15) is 0 Å². The van der Waals surface area contributed by atoms with Crippen molar-refractivity contribution in [1.29, 1.82) is 0 Å². The predicted molar refractivity (Wildman–Crippen MR) is 45.9 cm³/mol. The number of ether oxygens (including phenoxy) is 1. The van der Waals surface area contributed by atoms with Crippen molar-refractivity contribution in [2.45, 2.75) is 0 Å². The van der Waals surface area contributed by atoms with Crippen LogP contribution in [0, 0.1) is 0 Å². The lowest BCUT2D eigenvalue weighted by Crippen LogP contribution is -1.92. The molecule has 2 rings (SSSR count). The third kappa shape index (κ3) is 1.04. The molecule has 12 heavy (non-hydrogen) atoms. The first-order valence-electron chi connectivity index (χ1n) is 3.22. The summed E-state index contributed by atoms with van der Waals surface area (Å²) in [6, 6.07) is 0. The number of methoxy groups -OCH3 is 1. The van der Waals surface area contributed by atoms with Gasteiger partial charge in [-0.2, -0.15) is 4.98 Å². The number of nitrogens with zero attached hydrogens (tertiary/aromatic N) is 3. The summed E-state index contributed by atoms with van der Waals surface area (Å²) in [6.07, 6.45) is 1.55. The van der Waals surface area contributed by atoms with Gasteiger partial charge in [0, 0.05) is 0 Å². The van der Waals surface area contributed by atoms with Crippen LogP contribution in [0.2, 0.25) is 0 Å². The Labute approximate surface area is 76.3 Å². The Bertz CT molecular complexity index is 413. The molecule has 0 saturated heterocycles. The van der Waals surface area contributed by atoms with Gasteiger partial charge < -0.3 is 9.72 Å². The molecule has 0 fully saturated rings. The number of halogens is 1.